The standard InChI is InChI=1S/C8H3O5S.Na/c9-4-6-2-1-3-7(5-10)8(6)14(11,12)13;/h2-3H,(H,11,12,13);. The van der Waals surface area contributed by atoms with E-state index in [1.54, 1.807) is 0 Å². The van der Waals surface area contributed by atoms with Gasteiger partial charge in [-0.2, -0.15) is 0 Å². The van der Waals surface area contributed by atoms with Gasteiger partial charge in [0.05, 0.1) is 0 Å². The summed E-state index contributed by atoms with van der Waals surface area (Å²) in [7, 11) is -4.61. The van der Waals surface area contributed by atoms with Crippen LogP contribution in [0.3, 0.4) is 0 Å². The first-order valence-electron chi connectivity index (χ1n) is 3.78. The molecule has 15 heavy (non-hydrogen) atoms. The summed E-state index contributed by atoms with van der Waals surface area (Å²) in [6.45, 7) is 0. The molecule has 0 bridgehead atoms. The Balaban J connectivity index is 3.74. The molecule has 72 valence electrons. The van der Waals surface area contributed by atoms with Crippen LogP contribution in [0, 0.1) is 0 Å². The summed E-state index contributed by atoms with van der Waals surface area (Å²) in [6, 6.07) is 2.53. The van der Waals surface area contributed by atoms with E-state index in [9.17, 15) is 18.0 Å². The van der Waals surface area contributed by atoms with Gasteiger partial charge in [0.15, 0.2) is 0 Å². The van der Waals surface area contributed by atoms with Crippen LogP contribution in [0.2, 0.25) is 0 Å². The molecule has 0 atom stereocenters. The van der Waals surface area contributed by atoms with Crippen LogP contribution in [-0.4, -0.2) is 53.5 Å². The van der Waals surface area contributed by atoms with Crippen LogP contribution in [0.25, 0.3) is 0 Å². The maximum absolute atomic E-state index is 10.9. The summed E-state index contributed by atoms with van der Waals surface area (Å²) in [5.41, 5.74) is -0.688. The number of benzene rings is 1. The van der Waals surface area contributed by atoms with E-state index >= 15 is 0 Å². The van der Waals surface area contributed by atoms with Crippen molar-refractivity contribution in [1.82, 2.24) is 0 Å². The van der Waals surface area contributed by atoms with Crippen LogP contribution >= 0.6 is 0 Å². The molecule has 0 saturated heterocycles. The Hall–Kier alpha value is -0.530. The molecule has 0 unspecified atom stereocenters. The van der Waals surface area contributed by atoms with Gasteiger partial charge in [0.2, 0.25) is 0 Å². The molecule has 0 saturated carbocycles. The Kier molecular flexibility index (Phi) is 3.80. The fourth-order valence-corrected chi connectivity index (χ4v) is 2.54. The van der Waals surface area contributed by atoms with Gasteiger partial charge in [0, 0.05) is 0 Å². The monoisotopic (exact) mass is 234 g/mol. The molecule has 0 aliphatic heterocycles. The van der Waals surface area contributed by atoms with E-state index in [2.05, 4.69) is 0 Å². The normalized spacial score (nSPS) is 11.1. The molecule has 0 aliphatic carbocycles. The van der Waals surface area contributed by atoms with Crippen molar-refractivity contribution in [2.24, 2.45) is 0 Å². The second kappa shape index (κ2) is 4.54. The van der Waals surface area contributed by atoms with Crippen molar-refractivity contribution in [3.8, 4) is 0 Å². The molecule has 1 aromatic rings. The molecule has 1 aromatic carbocycles. The van der Waals surface area contributed by atoms with Gasteiger partial charge < -0.3 is 0 Å². The molecule has 5 nitrogen and oxygen atoms in total. The van der Waals surface area contributed by atoms with Crippen molar-refractivity contribution in [2.45, 2.75) is 4.90 Å². The molecule has 0 aliphatic rings. The number of rotatable bonds is 3. The summed E-state index contributed by atoms with van der Waals surface area (Å²) in [5.74, 6) is 0. The average Bonchev–Trinajstić information content (AvgIpc) is 2.14. The molecule has 0 fully saturated rings. The maximum atomic E-state index is 10.9. The fourth-order valence-electron chi connectivity index (χ4n) is 1.20. The zero-order chi connectivity index (χ0) is 11.6. The minimum atomic E-state index is -4.61. The first kappa shape index (κ1) is 12.5. The van der Waals surface area contributed by atoms with Crippen molar-refractivity contribution in [3.63, 3.8) is 0 Å². The SMILES string of the molecule is O=[C]c1c[c]([Na])cc([C]=O)c1S(=O)(=O)O. The van der Waals surface area contributed by atoms with Crippen LogP contribution in [0.5, 0.6) is 0 Å². The first-order chi connectivity index (χ1) is 6.90. The van der Waals surface area contributed by atoms with Gasteiger partial charge in [-0.3, -0.25) is 0 Å². The Labute approximate surface area is 104 Å². The van der Waals surface area contributed by atoms with Crippen LogP contribution < -0.4 is 2.81 Å². The van der Waals surface area contributed by atoms with E-state index in [-0.39, 0.29) is 11.1 Å². The van der Waals surface area contributed by atoms with Crippen molar-refractivity contribution in [3.05, 3.63) is 23.3 Å². The molecule has 0 spiro atoms. The van der Waals surface area contributed by atoms with E-state index < -0.39 is 15.0 Å². The Bertz CT molecular complexity index is 491. The van der Waals surface area contributed by atoms with Crippen molar-refractivity contribution < 1.29 is 22.6 Å². The zero-order valence-corrected chi connectivity index (χ0v) is 10.5. The van der Waals surface area contributed by atoms with Gasteiger partial charge in [-0.1, -0.05) is 0 Å². The third-order valence-corrected chi connectivity index (χ3v) is 3.24. The Morgan fingerprint density at radius 1 is 1.13 bits per heavy atom. The summed E-state index contributed by atoms with van der Waals surface area (Å²) >= 11 is 0.531. The van der Waals surface area contributed by atoms with Crippen molar-refractivity contribution >= 4 is 53.4 Å². The van der Waals surface area contributed by atoms with Gasteiger partial charge in [0.25, 0.3) is 0 Å². The summed E-state index contributed by atoms with van der Waals surface area (Å²) in [5, 5.41) is 0. The molecule has 0 aromatic heterocycles. The van der Waals surface area contributed by atoms with E-state index in [0.29, 0.717) is 30.7 Å². The van der Waals surface area contributed by atoms with Crippen LogP contribution in [0.15, 0.2) is 17.0 Å². The predicted molar refractivity (Wildman–Crippen MR) is 51.2 cm³/mol. The van der Waals surface area contributed by atoms with Gasteiger partial charge in [-0.15, -0.1) is 0 Å². The van der Waals surface area contributed by atoms with Crippen LogP contribution in [0.4, 0.5) is 0 Å². The van der Waals surface area contributed by atoms with Gasteiger partial charge >= 0.3 is 104 Å². The zero-order valence-electron chi connectivity index (χ0n) is 7.64. The first-order valence-corrected chi connectivity index (χ1v) is 6.22. The third-order valence-electron chi connectivity index (χ3n) is 1.71. The van der Waals surface area contributed by atoms with Crippen LogP contribution in [-0.2, 0) is 19.7 Å². The van der Waals surface area contributed by atoms with Crippen molar-refractivity contribution in [1.29, 1.82) is 0 Å². The fraction of sp³-hybridized carbons (Fsp3) is 0. The second-order valence-corrected chi connectivity index (χ2v) is 5.38. The molecular weight excluding hydrogens is 231 g/mol. The van der Waals surface area contributed by atoms with E-state index in [0.717, 1.165) is 0 Å². The van der Waals surface area contributed by atoms with Crippen molar-refractivity contribution in [2.75, 3.05) is 0 Å². The van der Waals surface area contributed by atoms with E-state index in [4.69, 9.17) is 4.55 Å². The van der Waals surface area contributed by atoms with Gasteiger partial charge in [-0.25, -0.2) is 0 Å². The molecule has 1 N–H and O–H groups in total. The second-order valence-electron chi connectivity index (χ2n) is 2.87. The molecule has 7 heteroatoms. The minimum absolute atomic E-state index is 0.344. The quantitative estimate of drug-likeness (QED) is 0.515. The topological polar surface area (TPSA) is 88.5 Å². The summed E-state index contributed by atoms with van der Waals surface area (Å²) in [6.07, 6.45) is 2.74. The molecule has 1 rings (SSSR count). The molecule has 2 radical (unpaired) electrons. The molecular formula is C8H3NaO5S. The summed E-state index contributed by atoms with van der Waals surface area (Å²) in [4.78, 5) is 20.2. The number of hydrogen-bond acceptors (Lipinski definition) is 4. The number of carbonyl (C=O) groups excluding carboxylic acids is 2. The average molecular weight is 234 g/mol. The predicted octanol–water partition coefficient (Wildman–Crippen LogP) is -1.36. The van der Waals surface area contributed by atoms with E-state index in [1.165, 1.54) is 24.7 Å². The van der Waals surface area contributed by atoms with Crippen LogP contribution in [0.1, 0.15) is 11.1 Å². The van der Waals surface area contributed by atoms with E-state index in [1.807, 2.05) is 0 Å². The van der Waals surface area contributed by atoms with Gasteiger partial charge in [-0.05, 0) is 0 Å². The Morgan fingerprint density at radius 3 is 1.80 bits per heavy atom. The number of hydrogen-bond donors (Lipinski definition) is 1. The Morgan fingerprint density at radius 2 is 1.53 bits per heavy atom. The molecule has 0 amide bonds. The molecule has 0 heterocycles. The van der Waals surface area contributed by atoms with Gasteiger partial charge in [0.1, 0.15) is 0 Å². The summed E-state index contributed by atoms with van der Waals surface area (Å²) < 4.78 is 31.3. The third kappa shape index (κ3) is 2.73.